The number of carbonyl (C=O) groups is 2. The Morgan fingerprint density at radius 2 is 1.94 bits per heavy atom. The number of hydrogen-bond acceptors (Lipinski definition) is 3. The molecule has 0 bridgehead atoms. The quantitative estimate of drug-likeness (QED) is 0.636. The summed E-state index contributed by atoms with van der Waals surface area (Å²) in [5.74, 6) is -0.0737. The van der Waals surface area contributed by atoms with Gasteiger partial charge in [-0.1, -0.05) is 49.6 Å². The lowest BCUT2D eigenvalue weighted by molar-refractivity contribution is -0.133. The van der Waals surface area contributed by atoms with E-state index in [9.17, 15) is 9.59 Å². The Kier molecular flexibility index (Phi) is 5.34. The van der Waals surface area contributed by atoms with Gasteiger partial charge in [-0.25, -0.2) is 0 Å². The molecule has 2 aliphatic rings. The van der Waals surface area contributed by atoms with Crippen LogP contribution in [0, 0.1) is 0 Å². The molecule has 162 valence electrons. The smallest absolute Gasteiger partial charge is 0.271 e. The van der Waals surface area contributed by atoms with Crippen molar-refractivity contribution in [3.63, 3.8) is 0 Å². The number of rotatable bonds is 5. The third-order valence-corrected chi connectivity index (χ3v) is 7.80. The summed E-state index contributed by atoms with van der Waals surface area (Å²) >= 11 is 1.64. The average Bonchev–Trinajstić information content (AvgIpc) is 3.37. The molecule has 1 fully saturated rings. The van der Waals surface area contributed by atoms with E-state index in [-0.39, 0.29) is 17.9 Å². The lowest BCUT2D eigenvalue weighted by Gasteiger charge is -2.45. The second-order valence-corrected chi connectivity index (χ2v) is 10.0. The molecular weight excluding hydrogens is 406 g/mol. The van der Waals surface area contributed by atoms with Crippen molar-refractivity contribution in [2.24, 2.45) is 0 Å². The van der Waals surface area contributed by atoms with E-state index in [4.69, 9.17) is 0 Å². The Morgan fingerprint density at radius 3 is 2.71 bits per heavy atom. The third kappa shape index (κ3) is 3.67. The molecule has 5 rings (SSSR count). The van der Waals surface area contributed by atoms with Gasteiger partial charge in [0.2, 0.25) is 5.91 Å². The van der Waals surface area contributed by atoms with E-state index in [2.05, 4.69) is 23.5 Å². The molecule has 1 N–H and O–H groups in total. The Labute approximate surface area is 187 Å². The van der Waals surface area contributed by atoms with Gasteiger partial charge in [-0.15, -0.1) is 11.3 Å². The molecule has 2 amide bonds. The average molecular weight is 436 g/mol. The van der Waals surface area contributed by atoms with E-state index in [1.807, 2.05) is 46.0 Å². The van der Waals surface area contributed by atoms with Crippen LogP contribution in [0.4, 0.5) is 0 Å². The number of aromatic nitrogens is 1. The first-order valence-corrected chi connectivity index (χ1v) is 12.2. The number of fused-ring (bicyclic) bond motifs is 3. The Hall–Kier alpha value is -2.60. The molecule has 1 aliphatic carbocycles. The van der Waals surface area contributed by atoms with Crippen LogP contribution >= 0.6 is 11.3 Å². The summed E-state index contributed by atoms with van der Waals surface area (Å²) < 4.78 is 3.15. The fourth-order valence-electron chi connectivity index (χ4n) is 5.10. The van der Waals surface area contributed by atoms with Crippen LogP contribution in [0.15, 0.2) is 47.8 Å². The highest BCUT2D eigenvalue weighted by Crippen LogP contribution is 2.34. The molecule has 1 saturated carbocycles. The van der Waals surface area contributed by atoms with Crippen molar-refractivity contribution in [3.8, 4) is 0 Å². The fraction of sp³-hybridized carbons (Fsp3) is 0.440. The van der Waals surface area contributed by atoms with Crippen LogP contribution in [0.5, 0.6) is 0 Å². The number of benzene rings is 1. The van der Waals surface area contributed by atoms with Crippen molar-refractivity contribution in [2.45, 2.75) is 63.6 Å². The van der Waals surface area contributed by atoms with Gasteiger partial charge in [0.1, 0.15) is 11.2 Å². The second kappa shape index (κ2) is 8.15. The molecule has 0 unspecified atom stereocenters. The van der Waals surface area contributed by atoms with Crippen LogP contribution in [0.3, 0.4) is 0 Å². The van der Waals surface area contributed by atoms with Gasteiger partial charge in [-0.3, -0.25) is 9.59 Å². The molecule has 0 spiro atoms. The summed E-state index contributed by atoms with van der Waals surface area (Å²) in [6.07, 6.45) is 6.36. The van der Waals surface area contributed by atoms with E-state index < -0.39 is 5.54 Å². The Morgan fingerprint density at radius 1 is 1.16 bits per heavy atom. The number of thiophene rings is 1. The predicted molar refractivity (Wildman–Crippen MR) is 124 cm³/mol. The van der Waals surface area contributed by atoms with Gasteiger partial charge in [0.15, 0.2) is 0 Å². The van der Waals surface area contributed by atoms with E-state index in [1.165, 1.54) is 12.0 Å². The van der Waals surface area contributed by atoms with Crippen LogP contribution in [-0.4, -0.2) is 39.4 Å². The van der Waals surface area contributed by atoms with E-state index in [0.29, 0.717) is 18.8 Å². The summed E-state index contributed by atoms with van der Waals surface area (Å²) in [6.45, 7) is 2.95. The van der Waals surface area contributed by atoms with Crippen LogP contribution in [-0.2, 0) is 17.8 Å². The van der Waals surface area contributed by atoms with Crippen LogP contribution < -0.4 is 5.32 Å². The van der Waals surface area contributed by atoms with E-state index in [1.54, 1.807) is 11.3 Å². The second-order valence-electron chi connectivity index (χ2n) is 9.06. The SMILES string of the molecule is C[C@]1(C(=O)NC2CCCCC2)Cn2c(cc3sccc32)C(=O)N1CCc1ccccc1. The molecule has 1 atom stereocenters. The number of carbonyl (C=O) groups excluding carboxylic acids is 2. The van der Waals surface area contributed by atoms with Crippen LogP contribution in [0.2, 0.25) is 0 Å². The minimum Gasteiger partial charge on any atom is -0.351 e. The van der Waals surface area contributed by atoms with Gasteiger partial charge in [-0.05, 0) is 49.3 Å². The van der Waals surface area contributed by atoms with Gasteiger partial charge < -0.3 is 14.8 Å². The third-order valence-electron chi connectivity index (χ3n) is 6.95. The minimum atomic E-state index is -0.913. The zero-order valence-electron chi connectivity index (χ0n) is 18.0. The topological polar surface area (TPSA) is 54.3 Å². The standard InChI is InChI=1S/C25H29N3O2S/c1-25(24(30)26-19-10-6-3-7-11-19)17-27-20-13-15-31-22(20)16-21(27)23(29)28(25)14-12-18-8-4-2-5-9-18/h2,4-5,8-9,13,15-16,19H,3,6-7,10-12,14,17H2,1H3,(H,26,30)/t25-/m1/s1. The molecule has 3 heterocycles. The number of nitrogens with one attached hydrogen (secondary N) is 1. The van der Waals surface area contributed by atoms with Crippen molar-refractivity contribution in [1.82, 2.24) is 14.8 Å². The first kappa shape index (κ1) is 20.3. The van der Waals surface area contributed by atoms with Crippen molar-refractivity contribution in [2.75, 3.05) is 6.54 Å². The molecular formula is C25H29N3O2S. The zero-order chi connectivity index (χ0) is 21.4. The maximum absolute atomic E-state index is 13.6. The summed E-state index contributed by atoms with van der Waals surface area (Å²) in [4.78, 5) is 29.1. The highest BCUT2D eigenvalue weighted by Gasteiger charge is 2.48. The van der Waals surface area contributed by atoms with Gasteiger partial charge in [0.05, 0.1) is 16.8 Å². The highest BCUT2D eigenvalue weighted by atomic mass is 32.1. The molecule has 31 heavy (non-hydrogen) atoms. The summed E-state index contributed by atoms with van der Waals surface area (Å²) in [5.41, 5.74) is 2.00. The van der Waals surface area contributed by atoms with Crippen LogP contribution in [0.1, 0.15) is 55.1 Å². The maximum Gasteiger partial charge on any atom is 0.271 e. The van der Waals surface area contributed by atoms with Crippen molar-refractivity contribution in [1.29, 1.82) is 0 Å². The normalized spacial score (nSPS) is 22.0. The van der Waals surface area contributed by atoms with Gasteiger partial charge in [0, 0.05) is 12.6 Å². The van der Waals surface area contributed by atoms with Gasteiger partial charge in [-0.2, -0.15) is 0 Å². The number of hydrogen-bond donors (Lipinski definition) is 1. The number of nitrogens with zero attached hydrogens (tertiary/aromatic N) is 2. The lowest BCUT2D eigenvalue weighted by atomic mass is 9.91. The minimum absolute atomic E-state index is 0.0245. The molecule has 1 aliphatic heterocycles. The molecule has 0 radical (unpaired) electrons. The Bertz CT molecular complexity index is 1100. The first-order valence-electron chi connectivity index (χ1n) is 11.3. The summed E-state index contributed by atoms with van der Waals surface area (Å²) in [7, 11) is 0. The monoisotopic (exact) mass is 435 g/mol. The van der Waals surface area contributed by atoms with E-state index >= 15 is 0 Å². The summed E-state index contributed by atoms with van der Waals surface area (Å²) in [6, 6.07) is 14.4. The van der Waals surface area contributed by atoms with E-state index in [0.717, 1.165) is 42.3 Å². The fourth-order valence-corrected chi connectivity index (χ4v) is 5.92. The maximum atomic E-state index is 13.6. The molecule has 1 aromatic carbocycles. The molecule has 6 heteroatoms. The van der Waals surface area contributed by atoms with Gasteiger partial charge >= 0.3 is 0 Å². The molecule has 3 aromatic rings. The molecule has 5 nitrogen and oxygen atoms in total. The van der Waals surface area contributed by atoms with Gasteiger partial charge in [0.25, 0.3) is 5.91 Å². The molecule has 2 aromatic heterocycles. The zero-order valence-corrected chi connectivity index (χ0v) is 18.8. The number of amides is 2. The van der Waals surface area contributed by atoms with Crippen molar-refractivity contribution < 1.29 is 9.59 Å². The lowest BCUT2D eigenvalue weighted by Crippen LogP contribution is -2.65. The largest absolute Gasteiger partial charge is 0.351 e. The van der Waals surface area contributed by atoms with Crippen molar-refractivity contribution in [3.05, 3.63) is 59.1 Å². The molecule has 0 saturated heterocycles. The van der Waals surface area contributed by atoms with Crippen LogP contribution in [0.25, 0.3) is 10.2 Å². The summed E-state index contributed by atoms with van der Waals surface area (Å²) in [5, 5.41) is 5.34. The predicted octanol–water partition coefficient (Wildman–Crippen LogP) is 4.61. The first-order chi connectivity index (χ1) is 15.1. The Balaban J connectivity index is 1.47. The van der Waals surface area contributed by atoms with Crippen molar-refractivity contribution >= 4 is 33.4 Å². The highest BCUT2D eigenvalue weighted by molar-refractivity contribution is 7.17.